The van der Waals surface area contributed by atoms with E-state index < -0.39 is 4.92 Å². The van der Waals surface area contributed by atoms with Crippen LogP contribution in [0.3, 0.4) is 0 Å². The minimum absolute atomic E-state index is 0.0433. The molecule has 0 radical (unpaired) electrons. The second-order valence-electron chi connectivity index (χ2n) is 5.42. The number of furan rings is 1. The van der Waals surface area contributed by atoms with Crippen LogP contribution in [0, 0.1) is 21.4 Å². The Morgan fingerprint density at radius 3 is 2.44 bits per heavy atom. The number of hydrogen-bond acceptors (Lipinski definition) is 4. The summed E-state index contributed by atoms with van der Waals surface area (Å²) in [6.45, 7) is 0. The Labute approximate surface area is 169 Å². The van der Waals surface area contributed by atoms with Crippen LogP contribution in [0.5, 0.6) is 0 Å². The lowest BCUT2D eigenvalue weighted by atomic mass is 10.1. The summed E-state index contributed by atoms with van der Waals surface area (Å²) in [4.78, 5) is 10.5. The summed E-state index contributed by atoms with van der Waals surface area (Å²) >= 11 is 17.7. The first-order valence-corrected chi connectivity index (χ1v) is 8.64. The summed E-state index contributed by atoms with van der Waals surface area (Å²) in [7, 11) is 0. The number of halogens is 3. The van der Waals surface area contributed by atoms with Gasteiger partial charge in [-0.25, -0.2) is 0 Å². The van der Waals surface area contributed by atoms with Gasteiger partial charge in [0.2, 0.25) is 0 Å². The summed E-state index contributed by atoms with van der Waals surface area (Å²) in [5, 5.41) is 21.2. The molecule has 0 atom stereocenters. The number of nitrogens with zero attached hydrogens (tertiary/aromatic N) is 2. The number of nitriles is 1. The molecule has 0 aliphatic carbocycles. The van der Waals surface area contributed by atoms with Crippen LogP contribution in [0.2, 0.25) is 15.1 Å². The van der Waals surface area contributed by atoms with Crippen LogP contribution in [-0.2, 0) is 0 Å². The lowest BCUT2D eigenvalue weighted by Crippen LogP contribution is -1.89. The number of hydrogen-bond donors (Lipinski definition) is 0. The van der Waals surface area contributed by atoms with Gasteiger partial charge in [0.25, 0.3) is 5.69 Å². The third-order valence-electron chi connectivity index (χ3n) is 3.69. The molecular weight excluding hydrogens is 411 g/mol. The third kappa shape index (κ3) is 4.15. The fourth-order valence-electron chi connectivity index (χ4n) is 2.38. The van der Waals surface area contributed by atoms with E-state index in [0.717, 1.165) is 0 Å². The van der Waals surface area contributed by atoms with Crippen LogP contribution in [0.4, 0.5) is 5.69 Å². The van der Waals surface area contributed by atoms with Gasteiger partial charge in [0.15, 0.2) is 0 Å². The van der Waals surface area contributed by atoms with Crippen molar-refractivity contribution in [3.8, 4) is 17.4 Å². The van der Waals surface area contributed by atoms with Crippen molar-refractivity contribution in [3.63, 3.8) is 0 Å². The predicted octanol–water partition coefficient (Wildman–Crippen LogP) is 6.88. The van der Waals surface area contributed by atoms with E-state index in [1.807, 2.05) is 0 Å². The van der Waals surface area contributed by atoms with Crippen LogP contribution in [0.25, 0.3) is 23.0 Å². The Balaban J connectivity index is 1.96. The van der Waals surface area contributed by atoms with Crippen molar-refractivity contribution in [1.82, 2.24) is 0 Å². The van der Waals surface area contributed by atoms with Gasteiger partial charge in [-0.1, -0.05) is 40.9 Å². The van der Waals surface area contributed by atoms with Gasteiger partial charge in [0, 0.05) is 11.6 Å². The molecule has 134 valence electrons. The van der Waals surface area contributed by atoms with Crippen LogP contribution in [0.1, 0.15) is 11.3 Å². The minimum atomic E-state index is -0.562. The van der Waals surface area contributed by atoms with E-state index >= 15 is 0 Å². The molecule has 0 saturated carbocycles. The van der Waals surface area contributed by atoms with Crippen molar-refractivity contribution in [3.05, 3.63) is 85.0 Å². The number of benzene rings is 2. The molecule has 27 heavy (non-hydrogen) atoms. The normalized spacial score (nSPS) is 11.3. The molecule has 0 aliphatic heterocycles. The molecule has 0 amide bonds. The van der Waals surface area contributed by atoms with Crippen molar-refractivity contribution in [2.75, 3.05) is 0 Å². The molecule has 0 bridgehead atoms. The van der Waals surface area contributed by atoms with Crippen LogP contribution in [-0.4, -0.2) is 4.92 Å². The SMILES string of the molecule is N#C/C(=C/c1ccc(-c2ccc(Cl)c([N+](=O)[O-])c2)o1)c1ccc(Cl)c(Cl)c1. The second-order valence-corrected chi connectivity index (χ2v) is 6.65. The zero-order valence-corrected chi connectivity index (χ0v) is 15.7. The van der Waals surface area contributed by atoms with Gasteiger partial charge >= 0.3 is 0 Å². The molecule has 0 unspecified atom stereocenters. The lowest BCUT2D eigenvalue weighted by Gasteiger charge is -2.01. The van der Waals surface area contributed by atoms with E-state index in [1.54, 1.807) is 42.5 Å². The second kappa shape index (κ2) is 7.85. The lowest BCUT2D eigenvalue weighted by molar-refractivity contribution is -0.384. The average Bonchev–Trinajstić information content (AvgIpc) is 3.11. The molecule has 0 spiro atoms. The Morgan fingerprint density at radius 1 is 1.04 bits per heavy atom. The van der Waals surface area contributed by atoms with Crippen LogP contribution >= 0.6 is 34.8 Å². The van der Waals surface area contributed by atoms with Gasteiger partial charge in [-0.15, -0.1) is 0 Å². The molecule has 1 aromatic heterocycles. The first-order valence-electron chi connectivity index (χ1n) is 7.50. The van der Waals surface area contributed by atoms with Gasteiger partial charge in [-0.05, 0) is 48.0 Å². The molecule has 3 aromatic rings. The topological polar surface area (TPSA) is 80.1 Å². The highest BCUT2D eigenvalue weighted by molar-refractivity contribution is 6.42. The summed E-state index contributed by atoms with van der Waals surface area (Å²) in [6, 6.07) is 14.6. The Morgan fingerprint density at radius 2 is 1.78 bits per heavy atom. The summed E-state index contributed by atoms with van der Waals surface area (Å²) in [6.07, 6.45) is 1.55. The minimum Gasteiger partial charge on any atom is -0.457 e. The Kier molecular flexibility index (Phi) is 5.52. The van der Waals surface area contributed by atoms with E-state index in [2.05, 4.69) is 6.07 Å². The van der Waals surface area contributed by atoms with Gasteiger partial charge in [0.1, 0.15) is 16.5 Å². The van der Waals surface area contributed by atoms with Gasteiger partial charge in [-0.3, -0.25) is 10.1 Å². The highest BCUT2D eigenvalue weighted by Gasteiger charge is 2.15. The molecule has 3 rings (SSSR count). The largest absolute Gasteiger partial charge is 0.457 e. The van der Waals surface area contributed by atoms with Gasteiger partial charge < -0.3 is 4.42 Å². The van der Waals surface area contributed by atoms with Gasteiger partial charge in [-0.2, -0.15) is 5.26 Å². The van der Waals surface area contributed by atoms with E-state index in [0.29, 0.717) is 38.3 Å². The monoisotopic (exact) mass is 418 g/mol. The van der Waals surface area contributed by atoms with Crippen molar-refractivity contribution in [2.45, 2.75) is 0 Å². The molecule has 8 heteroatoms. The maximum absolute atomic E-state index is 11.0. The summed E-state index contributed by atoms with van der Waals surface area (Å²) in [5.41, 5.74) is 1.21. The number of rotatable bonds is 4. The van der Waals surface area contributed by atoms with Crippen LogP contribution in [0.15, 0.2) is 52.9 Å². The molecule has 1 heterocycles. The summed E-state index contributed by atoms with van der Waals surface area (Å²) in [5.74, 6) is 0.817. The first kappa shape index (κ1) is 19.0. The maximum Gasteiger partial charge on any atom is 0.288 e. The fourth-order valence-corrected chi connectivity index (χ4v) is 2.86. The fraction of sp³-hybridized carbons (Fsp3) is 0. The smallest absolute Gasteiger partial charge is 0.288 e. The van der Waals surface area contributed by atoms with E-state index in [1.165, 1.54) is 12.1 Å². The quantitative estimate of drug-likeness (QED) is 0.262. The van der Waals surface area contributed by atoms with Gasteiger partial charge in [0.05, 0.1) is 26.6 Å². The number of nitro groups is 1. The summed E-state index contributed by atoms with van der Waals surface area (Å²) < 4.78 is 5.70. The molecule has 5 nitrogen and oxygen atoms in total. The standard InChI is InChI=1S/C19H9Cl3N2O3/c20-15-4-1-11(8-17(15)22)13(10-23)7-14-3-6-19(27-14)12-2-5-16(21)18(9-12)24(25)26/h1-9H/b13-7-. The molecule has 0 N–H and O–H groups in total. The van der Waals surface area contributed by atoms with E-state index in [4.69, 9.17) is 39.2 Å². The maximum atomic E-state index is 11.0. The van der Waals surface area contributed by atoms with Crippen molar-refractivity contribution < 1.29 is 9.34 Å². The Bertz CT molecular complexity index is 1110. The zero-order valence-electron chi connectivity index (χ0n) is 13.4. The molecule has 0 aliphatic rings. The van der Waals surface area contributed by atoms with Crippen molar-refractivity contribution >= 4 is 52.1 Å². The highest BCUT2D eigenvalue weighted by Crippen LogP contribution is 2.32. The number of allylic oxidation sites excluding steroid dienone is 1. The molecule has 2 aromatic carbocycles. The van der Waals surface area contributed by atoms with Crippen molar-refractivity contribution in [1.29, 1.82) is 5.26 Å². The molecular formula is C19H9Cl3N2O3. The first-order chi connectivity index (χ1) is 12.9. The molecule has 0 saturated heterocycles. The van der Waals surface area contributed by atoms with E-state index in [-0.39, 0.29) is 10.7 Å². The highest BCUT2D eigenvalue weighted by atomic mass is 35.5. The Hall–Kier alpha value is -2.78. The average molecular weight is 420 g/mol. The van der Waals surface area contributed by atoms with E-state index in [9.17, 15) is 15.4 Å². The van der Waals surface area contributed by atoms with Crippen molar-refractivity contribution in [2.24, 2.45) is 0 Å². The van der Waals surface area contributed by atoms with Crippen LogP contribution < -0.4 is 0 Å². The predicted molar refractivity (Wildman–Crippen MR) is 106 cm³/mol. The zero-order chi connectivity index (χ0) is 19.6. The third-order valence-corrected chi connectivity index (χ3v) is 4.75. The number of nitro benzene ring substituents is 1. The molecule has 0 fully saturated rings.